The summed E-state index contributed by atoms with van der Waals surface area (Å²) < 4.78 is 5.19. The lowest BCUT2D eigenvalue weighted by Crippen LogP contribution is -2.43. The average Bonchev–Trinajstić information content (AvgIpc) is 2.27. The predicted octanol–water partition coefficient (Wildman–Crippen LogP) is 2.67. The molecule has 4 heteroatoms. The molecular formula is C14H19NO3. The van der Waals surface area contributed by atoms with E-state index in [1.54, 1.807) is 7.11 Å². The fourth-order valence-corrected chi connectivity index (χ4v) is 2.33. The number of nitrogens with one attached hydrogen (secondary N) is 1. The van der Waals surface area contributed by atoms with Gasteiger partial charge in [-0.25, -0.2) is 0 Å². The van der Waals surface area contributed by atoms with Gasteiger partial charge in [0.25, 0.3) is 0 Å². The average molecular weight is 249 g/mol. The molecular weight excluding hydrogens is 230 g/mol. The monoisotopic (exact) mass is 249 g/mol. The van der Waals surface area contributed by atoms with Gasteiger partial charge in [0.05, 0.1) is 12.5 Å². The summed E-state index contributed by atoms with van der Waals surface area (Å²) in [4.78, 5) is 11.2. The van der Waals surface area contributed by atoms with Crippen molar-refractivity contribution in [1.29, 1.82) is 0 Å². The van der Waals surface area contributed by atoms with Gasteiger partial charge >= 0.3 is 5.97 Å². The minimum Gasteiger partial charge on any atom is -0.496 e. The molecule has 2 N–H and O–H groups in total. The number of methoxy groups -OCH3 is 1. The molecule has 0 atom stereocenters. The Labute approximate surface area is 107 Å². The van der Waals surface area contributed by atoms with Gasteiger partial charge in [-0.3, -0.25) is 4.79 Å². The number of hydrogen-bond donors (Lipinski definition) is 2. The van der Waals surface area contributed by atoms with E-state index in [1.807, 2.05) is 25.1 Å². The van der Waals surface area contributed by atoms with Crippen molar-refractivity contribution in [2.75, 3.05) is 19.0 Å². The highest BCUT2D eigenvalue weighted by Crippen LogP contribution is 2.41. The zero-order valence-corrected chi connectivity index (χ0v) is 10.8. The lowest BCUT2D eigenvalue weighted by atomic mass is 9.69. The molecule has 18 heavy (non-hydrogen) atoms. The summed E-state index contributed by atoms with van der Waals surface area (Å²) in [6.45, 7) is 2.47. The number of hydrogen-bond acceptors (Lipinski definition) is 3. The molecule has 1 fully saturated rings. The molecule has 1 saturated carbocycles. The van der Waals surface area contributed by atoms with E-state index in [1.165, 1.54) is 0 Å². The van der Waals surface area contributed by atoms with Gasteiger partial charge in [-0.15, -0.1) is 0 Å². The number of aliphatic carboxylic acids is 1. The zero-order chi connectivity index (χ0) is 13.2. The Hall–Kier alpha value is -1.71. The van der Waals surface area contributed by atoms with Gasteiger partial charge in [0.15, 0.2) is 0 Å². The fraction of sp³-hybridized carbons (Fsp3) is 0.500. The highest BCUT2D eigenvalue weighted by molar-refractivity contribution is 5.76. The van der Waals surface area contributed by atoms with E-state index >= 15 is 0 Å². The Bertz CT molecular complexity index is 452. The van der Waals surface area contributed by atoms with Crippen LogP contribution in [0.1, 0.15) is 24.8 Å². The standard InChI is InChI=1S/C14H19NO3/c1-10-8-11(4-5-12(10)18-2)15-9-14(13(16)17)6-3-7-14/h4-5,8,15H,3,6-7,9H2,1-2H3,(H,16,17). The minimum atomic E-state index is -0.688. The van der Waals surface area contributed by atoms with E-state index in [-0.39, 0.29) is 0 Å². The molecule has 1 aliphatic rings. The van der Waals surface area contributed by atoms with Crippen LogP contribution in [0.25, 0.3) is 0 Å². The van der Waals surface area contributed by atoms with Crippen LogP contribution < -0.4 is 10.1 Å². The van der Waals surface area contributed by atoms with Gasteiger partial charge in [-0.05, 0) is 43.5 Å². The summed E-state index contributed by atoms with van der Waals surface area (Å²) in [6.07, 6.45) is 2.55. The lowest BCUT2D eigenvalue weighted by Gasteiger charge is -2.37. The molecule has 2 rings (SSSR count). The van der Waals surface area contributed by atoms with Crippen molar-refractivity contribution in [2.24, 2.45) is 5.41 Å². The van der Waals surface area contributed by atoms with E-state index in [4.69, 9.17) is 4.74 Å². The number of rotatable bonds is 5. The number of aryl methyl sites for hydroxylation is 1. The van der Waals surface area contributed by atoms with Crippen LogP contribution in [0.15, 0.2) is 18.2 Å². The van der Waals surface area contributed by atoms with Gasteiger partial charge in [0.2, 0.25) is 0 Å². The molecule has 0 bridgehead atoms. The van der Waals surface area contributed by atoms with Crippen molar-refractivity contribution in [3.63, 3.8) is 0 Å². The van der Waals surface area contributed by atoms with Gasteiger partial charge in [0.1, 0.15) is 5.75 Å². The van der Waals surface area contributed by atoms with E-state index in [2.05, 4.69) is 5.32 Å². The van der Waals surface area contributed by atoms with Crippen LogP contribution in [0.4, 0.5) is 5.69 Å². The second-order valence-corrected chi connectivity index (χ2v) is 4.98. The first-order chi connectivity index (χ1) is 8.57. The quantitative estimate of drug-likeness (QED) is 0.842. The van der Waals surface area contributed by atoms with Crippen molar-refractivity contribution < 1.29 is 14.6 Å². The summed E-state index contributed by atoms with van der Waals surface area (Å²) in [5.74, 6) is 0.156. The number of benzene rings is 1. The number of carboxylic acid groups (broad SMARTS) is 1. The second kappa shape index (κ2) is 4.88. The Morgan fingerprint density at radius 2 is 2.22 bits per heavy atom. The summed E-state index contributed by atoms with van der Waals surface area (Å²) in [5.41, 5.74) is 1.43. The maximum atomic E-state index is 11.2. The minimum absolute atomic E-state index is 0.494. The van der Waals surface area contributed by atoms with Crippen LogP contribution in [0.3, 0.4) is 0 Å². The molecule has 0 unspecified atom stereocenters. The zero-order valence-electron chi connectivity index (χ0n) is 10.8. The molecule has 0 radical (unpaired) electrons. The van der Waals surface area contributed by atoms with Gasteiger partial charge in [-0.1, -0.05) is 6.42 Å². The van der Waals surface area contributed by atoms with Crippen LogP contribution in [-0.2, 0) is 4.79 Å². The molecule has 1 aromatic carbocycles. The van der Waals surface area contributed by atoms with Gasteiger partial charge in [-0.2, -0.15) is 0 Å². The second-order valence-electron chi connectivity index (χ2n) is 4.98. The topological polar surface area (TPSA) is 58.6 Å². The molecule has 0 heterocycles. The van der Waals surface area contributed by atoms with Crippen molar-refractivity contribution >= 4 is 11.7 Å². The van der Waals surface area contributed by atoms with Crippen LogP contribution in [-0.4, -0.2) is 24.7 Å². The van der Waals surface area contributed by atoms with Crippen LogP contribution in [0, 0.1) is 12.3 Å². The van der Waals surface area contributed by atoms with Crippen LogP contribution in [0.2, 0.25) is 0 Å². The van der Waals surface area contributed by atoms with E-state index in [0.717, 1.165) is 36.3 Å². The molecule has 98 valence electrons. The summed E-state index contributed by atoms with van der Waals surface area (Å²) in [6, 6.07) is 5.79. The van der Waals surface area contributed by atoms with E-state index < -0.39 is 11.4 Å². The number of anilines is 1. The fourth-order valence-electron chi connectivity index (χ4n) is 2.33. The largest absolute Gasteiger partial charge is 0.496 e. The Morgan fingerprint density at radius 1 is 1.50 bits per heavy atom. The predicted molar refractivity (Wildman–Crippen MR) is 70.1 cm³/mol. The van der Waals surface area contributed by atoms with Crippen molar-refractivity contribution in [3.8, 4) is 5.75 Å². The molecule has 0 saturated heterocycles. The van der Waals surface area contributed by atoms with Crippen LogP contribution in [0.5, 0.6) is 5.75 Å². The maximum Gasteiger partial charge on any atom is 0.311 e. The molecule has 4 nitrogen and oxygen atoms in total. The van der Waals surface area contributed by atoms with Gasteiger partial charge in [0, 0.05) is 12.2 Å². The number of carboxylic acids is 1. The normalized spacial score (nSPS) is 16.8. The maximum absolute atomic E-state index is 11.2. The molecule has 0 aromatic heterocycles. The van der Waals surface area contributed by atoms with Crippen molar-refractivity contribution in [3.05, 3.63) is 23.8 Å². The third kappa shape index (κ3) is 2.28. The molecule has 0 aliphatic heterocycles. The number of carbonyl (C=O) groups is 1. The highest BCUT2D eigenvalue weighted by Gasteiger charge is 2.44. The summed E-state index contributed by atoms with van der Waals surface area (Å²) >= 11 is 0. The first-order valence-corrected chi connectivity index (χ1v) is 6.19. The van der Waals surface area contributed by atoms with Gasteiger partial charge < -0.3 is 15.2 Å². The smallest absolute Gasteiger partial charge is 0.311 e. The molecule has 0 spiro atoms. The Balaban J connectivity index is 2.02. The Morgan fingerprint density at radius 3 is 2.67 bits per heavy atom. The van der Waals surface area contributed by atoms with Crippen molar-refractivity contribution in [2.45, 2.75) is 26.2 Å². The third-order valence-corrected chi connectivity index (χ3v) is 3.79. The first kappa shape index (κ1) is 12.7. The molecule has 1 aliphatic carbocycles. The van der Waals surface area contributed by atoms with E-state index in [9.17, 15) is 9.90 Å². The first-order valence-electron chi connectivity index (χ1n) is 6.19. The third-order valence-electron chi connectivity index (χ3n) is 3.79. The van der Waals surface area contributed by atoms with Crippen LogP contribution >= 0.6 is 0 Å². The van der Waals surface area contributed by atoms with Crippen molar-refractivity contribution in [1.82, 2.24) is 0 Å². The highest BCUT2D eigenvalue weighted by atomic mass is 16.5. The number of ether oxygens (including phenoxy) is 1. The summed E-state index contributed by atoms with van der Waals surface area (Å²) in [7, 11) is 1.64. The Kier molecular flexibility index (Phi) is 3.45. The lowest BCUT2D eigenvalue weighted by molar-refractivity contribution is -0.153. The summed E-state index contributed by atoms with van der Waals surface area (Å²) in [5, 5.41) is 12.5. The SMILES string of the molecule is COc1ccc(NCC2(C(=O)O)CCC2)cc1C. The molecule has 0 amide bonds. The molecule has 1 aromatic rings. The van der Waals surface area contributed by atoms with E-state index in [0.29, 0.717) is 6.54 Å².